The van der Waals surface area contributed by atoms with Gasteiger partial charge in [0.25, 0.3) is 0 Å². The zero-order chi connectivity index (χ0) is 8.48. The quantitative estimate of drug-likeness (QED) is 0.480. The molecule has 0 amide bonds. The van der Waals surface area contributed by atoms with E-state index in [1.807, 2.05) is 19.9 Å². The normalized spacial score (nSPS) is 31.0. The van der Waals surface area contributed by atoms with E-state index >= 15 is 0 Å². The second-order valence-corrected chi connectivity index (χ2v) is 3.23. The molecule has 0 aromatic rings. The van der Waals surface area contributed by atoms with E-state index in [4.69, 9.17) is 6.42 Å². The predicted molar refractivity (Wildman–Crippen MR) is 44.9 cm³/mol. The summed E-state index contributed by atoms with van der Waals surface area (Å²) >= 11 is 0. The van der Waals surface area contributed by atoms with Gasteiger partial charge in [-0.25, -0.2) is 0 Å². The van der Waals surface area contributed by atoms with Crippen LogP contribution in [0.25, 0.3) is 0 Å². The van der Waals surface area contributed by atoms with E-state index in [0.717, 1.165) is 18.4 Å². The lowest BCUT2D eigenvalue weighted by molar-refractivity contribution is -0.122. The van der Waals surface area contributed by atoms with Gasteiger partial charge in [0.2, 0.25) is 0 Å². The van der Waals surface area contributed by atoms with Crippen molar-refractivity contribution >= 4 is 5.78 Å². The molecule has 0 spiro atoms. The third-order valence-corrected chi connectivity index (χ3v) is 2.27. The lowest BCUT2D eigenvalue weighted by atomic mass is 9.75. The van der Waals surface area contributed by atoms with Crippen molar-refractivity contribution in [3.8, 4) is 12.3 Å². The van der Waals surface area contributed by atoms with Gasteiger partial charge in [0.1, 0.15) is 0 Å². The number of ketones is 1. The Morgan fingerprint density at radius 3 is 2.82 bits per heavy atom. The minimum absolute atomic E-state index is 0.117. The SMILES string of the molecule is C#CC1(C)CCC=C(C)C1=O. The predicted octanol–water partition coefficient (Wildman–Crippen LogP) is 1.94. The fraction of sp³-hybridized carbons (Fsp3) is 0.500. The molecule has 0 N–H and O–H groups in total. The first-order chi connectivity index (χ1) is 5.10. The molecule has 0 bridgehead atoms. The first-order valence-corrected chi connectivity index (χ1v) is 3.79. The Bertz CT molecular complexity index is 255. The molecule has 1 rings (SSSR count). The summed E-state index contributed by atoms with van der Waals surface area (Å²) in [4.78, 5) is 11.5. The zero-order valence-electron chi connectivity index (χ0n) is 6.98. The minimum Gasteiger partial charge on any atom is -0.293 e. The van der Waals surface area contributed by atoms with Crippen molar-refractivity contribution in [2.24, 2.45) is 5.41 Å². The monoisotopic (exact) mass is 148 g/mol. The fourth-order valence-corrected chi connectivity index (χ4v) is 1.36. The Labute approximate surface area is 67.5 Å². The van der Waals surface area contributed by atoms with E-state index in [1.165, 1.54) is 0 Å². The standard InChI is InChI=1S/C10H12O/c1-4-10(3)7-5-6-8(2)9(10)11/h1,6H,5,7H2,2-3H3. The molecule has 0 radical (unpaired) electrons. The molecule has 1 aliphatic carbocycles. The van der Waals surface area contributed by atoms with Gasteiger partial charge in [-0.1, -0.05) is 12.0 Å². The minimum atomic E-state index is -0.529. The van der Waals surface area contributed by atoms with Gasteiger partial charge in [0.15, 0.2) is 5.78 Å². The number of rotatable bonds is 0. The number of hydrogen-bond acceptors (Lipinski definition) is 1. The van der Waals surface area contributed by atoms with Gasteiger partial charge in [0, 0.05) is 0 Å². The van der Waals surface area contributed by atoms with Crippen LogP contribution in [0.5, 0.6) is 0 Å². The topological polar surface area (TPSA) is 17.1 Å². The second-order valence-electron chi connectivity index (χ2n) is 3.23. The van der Waals surface area contributed by atoms with Crippen LogP contribution in [0.15, 0.2) is 11.6 Å². The highest BCUT2D eigenvalue weighted by atomic mass is 16.1. The van der Waals surface area contributed by atoms with Gasteiger partial charge in [-0.05, 0) is 32.3 Å². The number of Topliss-reactive ketones (excluding diaryl/α,β-unsaturated/α-hetero) is 1. The van der Waals surface area contributed by atoms with Gasteiger partial charge in [-0.2, -0.15) is 0 Å². The van der Waals surface area contributed by atoms with Crippen molar-refractivity contribution in [1.82, 2.24) is 0 Å². The van der Waals surface area contributed by atoms with Gasteiger partial charge in [-0.3, -0.25) is 4.79 Å². The van der Waals surface area contributed by atoms with E-state index in [9.17, 15) is 4.79 Å². The Morgan fingerprint density at radius 1 is 1.73 bits per heavy atom. The lowest BCUT2D eigenvalue weighted by Gasteiger charge is -2.25. The summed E-state index contributed by atoms with van der Waals surface area (Å²) in [7, 11) is 0. The molecule has 0 saturated heterocycles. The number of terminal acetylenes is 1. The molecule has 1 nitrogen and oxygen atoms in total. The molecule has 0 fully saturated rings. The molecule has 0 aromatic carbocycles. The maximum atomic E-state index is 11.5. The van der Waals surface area contributed by atoms with Gasteiger partial charge < -0.3 is 0 Å². The summed E-state index contributed by atoms with van der Waals surface area (Å²) in [5, 5.41) is 0. The van der Waals surface area contributed by atoms with E-state index in [1.54, 1.807) is 0 Å². The van der Waals surface area contributed by atoms with Crippen molar-refractivity contribution < 1.29 is 4.79 Å². The maximum absolute atomic E-state index is 11.5. The Balaban J connectivity index is 3.00. The van der Waals surface area contributed by atoms with E-state index < -0.39 is 5.41 Å². The molecule has 0 saturated carbocycles. The van der Waals surface area contributed by atoms with E-state index in [0.29, 0.717) is 0 Å². The van der Waals surface area contributed by atoms with E-state index in [-0.39, 0.29) is 5.78 Å². The average Bonchev–Trinajstić information content (AvgIpc) is 2.00. The first-order valence-electron chi connectivity index (χ1n) is 3.79. The summed E-state index contributed by atoms with van der Waals surface area (Å²) in [5.74, 6) is 2.69. The molecular weight excluding hydrogens is 136 g/mol. The van der Waals surface area contributed by atoms with Crippen LogP contribution < -0.4 is 0 Å². The van der Waals surface area contributed by atoms with Gasteiger partial charge in [0.05, 0.1) is 5.41 Å². The van der Waals surface area contributed by atoms with Crippen molar-refractivity contribution in [1.29, 1.82) is 0 Å². The van der Waals surface area contributed by atoms with Crippen LogP contribution in [-0.4, -0.2) is 5.78 Å². The zero-order valence-corrected chi connectivity index (χ0v) is 6.98. The lowest BCUT2D eigenvalue weighted by Crippen LogP contribution is -2.29. The number of allylic oxidation sites excluding steroid dienone is 2. The third-order valence-electron chi connectivity index (χ3n) is 2.27. The molecule has 0 aliphatic heterocycles. The average molecular weight is 148 g/mol. The second kappa shape index (κ2) is 2.54. The van der Waals surface area contributed by atoms with Crippen molar-refractivity contribution in [3.05, 3.63) is 11.6 Å². The number of hydrogen-bond donors (Lipinski definition) is 0. The molecule has 1 unspecified atom stereocenters. The fourth-order valence-electron chi connectivity index (χ4n) is 1.36. The molecular formula is C10H12O. The van der Waals surface area contributed by atoms with Gasteiger partial charge >= 0.3 is 0 Å². The van der Waals surface area contributed by atoms with Crippen LogP contribution >= 0.6 is 0 Å². The Morgan fingerprint density at radius 2 is 2.36 bits per heavy atom. The highest BCUT2D eigenvalue weighted by molar-refractivity contribution is 6.01. The summed E-state index contributed by atoms with van der Waals surface area (Å²) in [6.07, 6.45) is 8.97. The Kier molecular flexibility index (Phi) is 1.87. The molecule has 1 atom stereocenters. The molecule has 11 heavy (non-hydrogen) atoms. The first kappa shape index (κ1) is 8.07. The molecule has 1 aliphatic rings. The molecule has 0 aromatic heterocycles. The van der Waals surface area contributed by atoms with Crippen LogP contribution in [0.3, 0.4) is 0 Å². The molecule has 1 heteroatoms. The smallest absolute Gasteiger partial charge is 0.175 e. The highest BCUT2D eigenvalue weighted by Gasteiger charge is 2.33. The van der Waals surface area contributed by atoms with Crippen LogP contribution in [0.1, 0.15) is 26.7 Å². The number of carbonyl (C=O) groups excluding carboxylic acids is 1. The van der Waals surface area contributed by atoms with Crippen LogP contribution in [0.4, 0.5) is 0 Å². The van der Waals surface area contributed by atoms with Gasteiger partial charge in [-0.15, -0.1) is 6.42 Å². The maximum Gasteiger partial charge on any atom is 0.175 e. The summed E-state index contributed by atoms with van der Waals surface area (Å²) in [6, 6.07) is 0. The summed E-state index contributed by atoms with van der Waals surface area (Å²) in [6.45, 7) is 3.67. The summed E-state index contributed by atoms with van der Waals surface area (Å²) in [5.41, 5.74) is 0.287. The van der Waals surface area contributed by atoms with Crippen LogP contribution in [0.2, 0.25) is 0 Å². The molecule has 58 valence electrons. The van der Waals surface area contributed by atoms with Crippen molar-refractivity contribution in [2.75, 3.05) is 0 Å². The molecule has 0 heterocycles. The van der Waals surface area contributed by atoms with Crippen LogP contribution in [-0.2, 0) is 4.79 Å². The van der Waals surface area contributed by atoms with Crippen molar-refractivity contribution in [3.63, 3.8) is 0 Å². The van der Waals surface area contributed by atoms with Crippen molar-refractivity contribution in [2.45, 2.75) is 26.7 Å². The Hall–Kier alpha value is -1.03. The number of carbonyl (C=O) groups is 1. The largest absolute Gasteiger partial charge is 0.293 e. The third kappa shape index (κ3) is 1.21. The van der Waals surface area contributed by atoms with Crippen LogP contribution in [0, 0.1) is 17.8 Å². The highest BCUT2D eigenvalue weighted by Crippen LogP contribution is 2.31. The van der Waals surface area contributed by atoms with E-state index in [2.05, 4.69) is 5.92 Å². The summed E-state index contributed by atoms with van der Waals surface area (Å²) < 4.78 is 0.